The predicted molar refractivity (Wildman–Crippen MR) is 110 cm³/mol. The highest BCUT2D eigenvalue weighted by molar-refractivity contribution is 5.84. The molecule has 0 unspecified atom stereocenters. The predicted octanol–water partition coefficient (Wildman–Crippen LogP) is 1.16. The Hall–Kier alpha value is -2.44. The van der Waals surface area contributed by atoms with Crippen molar-refractivity contribution >= 4 is 5.91 Å². The molecule has 0 radical (unpaired) electrons. The van der Waals surface area contributed by atoms with Gasteiger partial charge >= 0.3 is 0 Å². The summed E-state index contributed by atoms with van der Waals surface area (Å²) in [6.07, 6.45) is 1.78. The van der Waals surface area contributed by atoms with Gasteiger partial charge in [0, 0.05) is 49.9 Å². The van der Waals surface area contributed by atoms with E-state index in [1.165, 1.54) is 5.56 Å². The number of aliphatic hydroxyl groups excluding tert-OH is 1. The van der Waals surface area contributed by atoms with Crippen molar-refractivity contribution in [1.29, 1.82) is 0 Å². The van der Waals surface area contributed by atoms with Crippen LogP contribution in [0.3, 0.4) is 0 Å². The maximum atomic E-state index is 13.3. The highest BCUT2D eigenvalue weighted by Gasteiger charge is 2.49. The van der Waals surface area contributed by atoms with Crippen LogP contribution in [0.5, 0.6) is 0 Å². The Labute approximate surface area is 170 Å². The van der Waals surface area contributed by atoms with Crippen LogP contribution >= 0.6 is 0 Å². The lowest BCUT2D eigenvalue weighted by molar-refractivity contribution is -0.151. The maximum Gasteiger partial charge on any atom is 0.251 e. The molecule has 3 aliphatic rings. The molecule has 3 aliphatic heterocycles. The second-order valence-electron chi connectivity index (χ2n) is 8.86. The number of fused-ring (bicyclic) bond motifs is 4. The molecule has 1 aromatic heterocycles. The smallest absolute Gasteiger partial charge is 0.251 e. The number of hydrogen-bond donors (Lipinski definition) is 2. The number of aliphatic hydroxyl groups is 1. The van der Waals surface area contributed by atoms with Crippen LogP contribution in [-0.4, -0.2) is 53.3 Å². The minimum absolute atomic E-state index is 0.0394. The third-order valence-electron chi connectivity index (χ3n) is 7.06. The second kappa shape index (κ2) is 7.11. The van der Waals surface area contributed by atoms with Crippen LogP contribution in [0.25, 0.3) is 0 Å². The van der Waals surface area contributed by atoms with Crippen molar-refractivity contribution in [3.05, 3.63) is 70.1 Å². The van der Waals surface area contributed by atoms with Crippen LogP contribution in [0.4, 0.5) is 0 Å². The van der Waals surface area contributed by atoms with E-state index >= 15 is 0 Å². The number of likely N-dealkylation sites (tertiary alicyclic amines) is 1. The molecular weight excluding hydrogens is 366 g/mol. The molecule has 0 spiro atoms. The first-order chi connectivity index (χ1) is 14.1. The number of rotatable bonds is 4. The molecule has 1 aromatic carbocycles. The van der Waals surface area contributed by atoms with Crippen molar-refractivity contribution < 1.29 is 9.90 Å². The third kappa shape index (κ3) is 3.02. The Balaban J connectivity index is 1.50. The zero-order chi connectivity index (χ0) is 20.0. The first-order valence-corrected chi connectivity index (χ1v) is 10.5. The molecule has 6 heteroatoms. The minimum atomic E-state index is -0.670. The van der Waals surface area contributed by atoms with Gasteiger partial charge in [-0.15, -0.1) is 0 Å². The van der Waals surface area contributed by atoms with Gasteiger partial charge in [0.25, 0.3) is 5.56 Å². The molecule has 1 amide bonds. The maximum absolute atomic E-state index is 13.3. The number of benzene rings is 1. The summed E-state index contributed by atoms with van der Waals surface area (Å²) >= 11 is 0. The van der Waals surface area contributed by atoms with Crippen LogP contribution in [-0.2, 0) is 11.2 Å². The molecule has 2 bridgehead atoms. The molecular formula is C23H27N3O3. The van der Waals surface area contributed by atoms with Crippen LogP contribution in [0.2, 0.25) is 0 Å². The van der Waals surface area contributed by atoms with E-state index in [1.807, 2.05) is 39.8 Å². The summed E-state index contributed by atoms with van der Waals surface area (Å²) in [6, 6.07) is 15.8. The van der Waals surface area contributed by atoms with Crippen molar-refractivity contribution in [3.8, 4) is 0 Å². The molecule has 0 aliphatic carbocycles. The second-order valence-corrected chi connectivity index (χ2v) is 8.86. The first-order valence-electron chi connectivity index (χ1n) is 10.5. The molecule has 6 nitrogen and oxygen atoms in total. The molecule has 29 heavy (non-hydrogen) atoms. The number of carbonyl (C=O) groups is 1. The summed E-state index contributed by atoms with van der Waals surface area (Å²) in [5, 5.41) is 13.0. The quantitative estimate of drug-likeness (QED) is 0.818. The summed E-state index contributed by atoms with van der Waals surface area (Å²) in [4.78, 5) is 28.0. The number of piperidine rings is 1. The number of pyridine rings is 1. The van der Waals surface area contributed by atoms with E-state index in [0.717, 1.165) is 18.5 Å². The van der Waals surface area contributed by atoms with Crippen molar-refractivity contribution in [2.24, 2.45) is 11.3 Å². The fourth-order valence-electron chi connectivity index (χ4n) is 5.42. The van der Waals surface area contributed by atoms with Gasteiger partial charge in [-0.1, -0.05) is 36.4 Å². The lowest BCUT2D eigenvalue weighted by atomic mass is 9.74. The van der Waals surface area contributed by atoms with Gasteiger partial charge in [0.1, 0.15) is 0 Å². The van der Waals surface area contributed by atoms with Crippen molar-refractivity contribution in [1.82, 2.24) is 14.8 Å². The fourth-order valence-corrected chi connectivity index (χ4v) is 5.42. The number of aromatic nitrogens is 1. The monoisotopic (exact) mass is 393 g/mol. The molecule has 4 heterocycles. The lowest BCUT2D eigenvalue weighted by Crippen LogP contribution is -2.65. The standard InChI is InChI=1S/C23H27N3O3/c27-15-23(13-24-14-23)22(29)25-11-17-10-18(12-25)20(9-16-5-2-1-3-6-16)26-19(17)7-4-8-21(26)28/h1-8,17-18,20,24,27H,9-15H2/t17-,18+,20+/m1/s1. The van der Waals surface area contributed by atoms with Crippen LogP contribution in [0.15, 0.2) is 53.3 Å². The Bertz CT molecular complexity index is 961. The van der Waals surface area contributed by atoms with E-state index in [0.29, 0.717) is 26.2 Å². The van der Waals surface area contributed by atoms with Gasteiger partial charge < -0.3 is 19.9 Å². The molecule has 0 saturated carbocycles. The molecule has 3 atom stereocenters. The zero-order valence-corrected chi connectivity index (χ0v) is 16.5. The number of nitrogens with zero attached hydrogens (tertiary/aromatic N) is 2. The van der Waals surface area contributed by atoms with Gasteiger partial charge in [0.15, 0.2) is 0 Å². The average Bonchev–Trinajstić information content (AvgIpc) is 2.71. The van der Waals surface area contributed by atoms with Crippen LogP contribution in [0.1, 0.15) is 29.6 Å². The zero-order valence-electron chi connectivity index (χ0n) is 16.5. The molecule has 2 fully saturated rings. The van der Waals surface area contributed by atoms with Crippen molar-refractivity contribution in [3.63, 3.8) is 0 Å². The Kier molecular flexibility index (Phi) is 4.56. The number of amides is 1. The fraction of sp³-hybridized carbons (Fsp3) is 0.478. The summed E-state index contributed by atoms with van der Waals surface area (Å²) in [5.41, 5.74) is 1.62. The van der Waals surface area contributed by atoms with Gasteiger partial charge in [-0.2, -0.15) is 0 Å². The average molecular weight is 393 g/mol. The van der Waals surface area contributed by atoms with E-state index in [-0.39, 0.29) is 36.0 Å². The van der Waals surface area contributed by atoms with Crippen LogP contribution in [0, 0.1) is 11.3 Å². The van der Waals surface area contributed by atoms with Crippen molar-refractivity contribution in [2.75, 3.05) is 32.8 Å². The Morgan fingerprint density at radius 1 is 1.10 bits per heavy atom. The summed E-state index contributed by atoms with van der Waals surface area (Å²) in [5.74, 6) is 0.454. The van der Waals surface area contributed by atoms with Gasteiger partial charge in [0.2, 0.25) is 5.91 Å². The van der Waals surface area contributed by atoms with E-state index in [9.17, 15) is 14.7 Å². The highest BCUT2D eigenvalue weighted by Crippen LogP contribution is 2.43. The number of hydrogen-bond acceptors (Lipinski definition) is 4. The molecule has 2 aromatic rings. The summed E-state index contributed by atoms with van der Waals surface area (Å²) in [6.45, 7) is 2.23. The molecule has 5 rings (SSSR count). The van der Waals surface area contributed by atoms with Gasteiger partial charge in [-0.3, -0.25) is 9.59 Å². The largest absolute Gasteiger partial charge is 0.395 e. The molecule has 2 N–H and O–H groups in total. The number of nitrogens with one attached hydrogen (secondary N) is 1. The lowest BCUT2D eigenvalue weighted by Gasteiger charge is -2.50. The molecule has 2 saturated heterocycles. The summed E-state index contributed by atoms with van der Waals surface area (Å²) < 4.78 is 1.99. The SMILES string of the molecule is O=C(N1C[C@H]2C[C@@H](C1)[C@H](Cc1ccccc1)n1c2cccc1=O)C1(CO)CNC1. The Morgan fingerprint density at radius 3 is 2.59 bits per heavy atom. The summed E-state index contributed by atoms with van der Waals surface area (Å²) in [7, 11) is 0. The normalized spacial score (nSPS) is 27.1. The Morgan fingerprint density at radius 2 is 1.90 bits per heavy atom. The topological polar surface area (TPSA) is 74.6 Å². The van der Waals surface area contributed by atoms with Gasteiger partial charge in [-0.25, -0.2) is 0 Å². The van der Waals surface area contributed by atoms with E-state index in [4.69, 9.17) is 0 Å². The van der Waals surface area contributed by atoms with E-state index in [1.54, 1.807) is 6.07 Å². The van der Waals surface area contributed by atoms with Crippen molar-refractivity contribution in [2.45, 2.75) is 24.8 Å². The third-order valence-corrected chi connectivity index (χ3v) is 7.06. The highest BCUT2D eigenvalue weighted by atomic mass is 16.3. The minimum Gasteiger partial charge on any atom is -0.395 e. The van der Waals surface area contributed by atoms with E-state index < -0.39 is 5.41 Å². The molecule has 152 valence electrons. The van der Waals surface area contributed by atoms with Gasteiger partial charge in [-0.05, 0) is 30.4 Å². The van der Waals surface area contributed by atoms with Gasteiger partial charge in [0.05, 0.1) is 12.0 Å². The van der Waals surface area contributed by atoms with E-state index in [2.05, 4.69) is 17.4 Å². The first kappa shape index (κ1) is 18.6. The number of carbonyl (C=O) groups excluding carboxylic acids is 1. The van der Waals surface area contributed by atoms with Crippen LogP contribution < -0.4 is 10.9 Å².